The van der Waals surface area contributed by atoms with Crippen molar-refractivity contribution in [2.75, 3.05) is 6.54 Å². The number of fused-ring (bicyclic) bond motifs is 1. The quantitative estimate of drug-likeness (QED) is 0.712. The molecule has 4 nitrogen and oxygen atoms in total. The van der Waals surface area contributed by atoms with Gasteiger partial charge in [-0.2, -0.15) is 13.2 Å². The lowest BCUT2D eigenvalue weighted by Crippen LogP contribution is -2.31. The highest BCUT2D eigenvalue weighted by atomic mass is 19.4. The van der Waals surface area contributed by atoms with Gasteiger partial charge < -0.3 is 4.98 Å². The van der Waals surface area contributed by atoms with E-state index >= 15 is 0 Å². The van der Waals surface area contributed by atoms with E-state index in [1.165, 1.54) is 23.4 Å². The van der Waals surface area contributed by atoms with Gasteiger partial charge in [0.2, 0.25) is 0 Å². The van der Waals surface area contributed by atoms with E-state index in [1.807, 2.05) is 0 Å². The van der Waals surface area contributed by atoms with Crippen molar-refractivity contribution < 1.29 is 13.2 Å². The van der Waals surface area contributed by atoms with Gasteiger partial charge in [0.25, 0.3) is 0 Å². The van der Waals surface area contributed by atoms with Crippen LogP contribution in [-0.2, 0) is 25.7 Å². The number of aryl methyl sites for hydroxylation is 2. The molecule has 0 radical (unpaired) electrons. The molecule has 1 aliphatic heterocycles. The first kappa shape index (κ1) is 18.7. The summed E-state index contributed by atoms with van der Waals surface area (Å²) in [5.41, 5.74) is 5.62. The van der Waals surface area contributed by atoms with Crippen molar-refractivity contribution in [3.05, 3.63) is 70.3 Å². The van der Waals surface area contributed by atoms with Gasteiger partial charge in [0.05, 0.1) is 11.3 Å². The average Bonchev–Trinajstić information content (AvgIpc) is 2.97. The number of H-pyrrole nitrogens is 1. The number of hydrogen-bond donors (Lipinski definition) is 1. The molecular formula is C21H21F3N4. The Balaban J connectivity index is 1.50. The number of hydrogen-bond acceptors (Lipinski definition) is 3. The zero-order valence-electron chi connectivity index (χ0n) is 15.8. The molecule has 28 heavy (non-hydrogen) atoms. The van der Waals surface area contributed by atoms with E-state index < -0.39 is 11.7 Å². The minimum absolute atomic E-state index is 0.469. The molecule has 3 aromatic rings. The minimum Gasteiger partial charge on any atom is -0.361 e. The largest absolute Gasteiger partial charge is 0.416 e. The first-order valence-electron chi connectivity index (χ1n) is 9.19. The number of nitrogens with one attached hydrogen (secondary N) is 1. The Bertz CT molecular complexity index is 990. The van der Waals surface area contributed by atoms with Gasteiger partial charge in [0, 0.05) is 54.8 Å². The van der Waals surface area contributed by atoms with Gasteiger partial charge in [-0.25, -0.2) is 9.97 Å². The third-order valence-electron chi connectivity index (χ3n) is 5.12. The van der Waals surface area contributed by atoms with Gasteiger partial charge in [-0.05, 0) is 37.6 Å². The second-order valence-corrected chi connectivity index (χ2v) is 7.32. The van der Waals surface area contributed by atoms with Crippen LogP contribution in [0, 0.1) is 13.8 Å². The fourth-order valence-corrected chi connectivity index (χ4v) is 3.63. The maximum Gasteiger partial charge on any atom is 0.416 e. The molecule has 0 saturated heterocycles. The molecule has 1 aliphatic rings. The van der Waals surface area contributed by atoms with E-state index in [2.05, 4.69) is 39.8 Å². The van der Waals surface area contributed by atoms with Gasteiger partial charge in [-0.1, -0.05) is 12.1 Å². The van der Waals surface area contributed by atoms with Crippen LogP contribution in [0.25, 0.3) is 11.4 Å². The van der Waals surface area contributed by atoms with E-state index in [0.717, 1.165) is 55.1 Å². The van der Waals surface area contributed by atoms with Crippen LogP contribution in [-0.4, -0.2) is 26.4 Å². The average molecular weight is 386 g/mol. The zero-order chi connectivity index (χ0) is 19.9. The number of aromatic nitrogens is 3. The van der Waals surface area contributed by atoms with Crippen LogP contribution < -0.4 is 0 Å². The van der Waals surface area contributed by atoms with Crippen molar-refractivity contribution in [1.29, 1.82) is 0 Å². The summed E-state index contributed by atoms with van der Waals surface area (Å²) in [6, 6.07) is 7.14. The Morgan fingerprint density at radius 2 is 1.89 bits per heavy atom. The van der Waals surface area contributed by atoms with Crippen molar-refractivity contribution in [2.24, 2.45) is 0 Å². The highest BCUT2D eigenvalue weighted by molar-refractivity contribution is 5.56. The van der Waals surface area contributed by atoms with Crippen LogP contribution in [0.4, 0.5) is 13.2 Å². The molecule has 0 bridgehead atoms. The number of aromatic amines is 1. The fraction of sp³-hybridized carbons (Fsp3) is 0.333. The van der Waals surface area contributed by atoms with Crippen molar-refractivity contribution in [2.45, 2.75) is 39.5 Å². The summed E-state index contributed by atoms with van der Waals surface area (Å²) in [4.78, 5) is 14.8. The molecule has 0 atom stereocenters. The lowest BCUT2D eigenvalue weighted by atomic mass is 10.1. The summed E-state index contributed by atoms with van der Waals surface area (Å²) in [5.74, 6) is 0.469. The normalized spacial score (nSPS) is 14.9. The summed E-state index contributed by atoms with van der Waals surface area (Å²) in [6.45, 7) is 6.66. The van der Waals surface area contributed by atoms with Gasteiger partial charge in [-0.3, -0.25) is 4.90 Å². The lowest BCUT2D eigenvalue weighted by Gasteiger charge is -2.28. The second-order valence-electron chi connectivity index (χ2n) is 7.32. The number of rotatable bonds is 3. The Morgan fingerprint density at radius 1 is 1.14 bits per heavy atom. The molecule has 2 aromatic heterocycles. The highest BCUT2D eigenvalue weighted by Crippen LogP contribution is 2.30. The summed E-state index contributed by atoms with van der Waals surface area (Å²) in [5, 5.41) is 0. The van der Waals surface area contributed by atoms with Crippen LogP contribution in [0.2, 0.25) is 0 Å². The van der Waals surface area contributed by atoms with E-state index in [9.17, 15) is 13.2 Å². The number of alkyl halides is 3. The predicted molar refractivity (Wildman–Crippen MR) is 101 cm³/mol. The van der Waals surface area contributed by atoms with Crippen molar-refractivity contribution in [3.63, 3.8) is 0 Å². The third-order valence-corrected chi connectivity index (χ3v) is 5.12. The Morgan fingerprint density at radius 3 is 2.54 bits per heavy atom. The maximum absolute atomic E-state index is 12.7. The summed E-state index contributed by atoms with van der Waals surface area (Å²) in [6.07, 6.45) is -1.74. The predicted octanol–water partition coefficient (Wildman–Crippen LogP) is 4.67. The molecule has 0 amide bonds. The molecule has 0 saturated carbocycles. The Hall–Kier alpha value is -2.67. The van der Waals surface area contributed by atoms with E-state index in [4.69, 9.17) is 0 Å². The molecule has 0 aliphatic carbocycles. The first-order valence-corrected chi connectivity index (χ1v) is 9.19. The molecule has 0 fully saturated rings. The molecule has 3 heterocycles. The number of benzene rings is 1. The summed E-state index contributed by atoms with van der Waals surface area (Å²) >= 11 is 0. The fourth-order valence-electron chi connectivity index (χ4n) is 3.63. The smallest absolute Gasteiger partial charge is 0.361 e. The van der Waals surface area contributed by atoms with Gasteiger partial charge in [-0.15, -0.1) is 0 Å². The molecule has 0 unspecified atom stereocenters. The number of nitrogens with zero attached hydrogens (tertiary/aromatic N) is 3. The SMILES string of the molecule is Cc1cc(C)c(CN2CCc3nc(-c4ccc(C(F)(F)F)cc4)ncc3C2)[nH]1. The molecule has 4 rings (SSSR count). The maximum atomic E-state index is 12.7. The van der Waals surface area contributed by atoms with Crippen LogP contribution in [0.1, 0.15) is 33.8 Å². The van der Waals surface area contributed by atoms with Crippen LogP contribution in [0.5, 0.6) is 0 Å². The molecular weight excluding hydrogens is 365 g/mol. The monoisotopic (exact) mass is 386 g/mol. The third kappa shape index (κ3) is 3.80. The molecule has 7 heteroatoms. The van der Waals surface area contributed by atoms with Crippen molar-refractivity contribution >= 4 is 0 Å². The first-order chi connectivity index (χ1) is 13.3. The second kappa shape index (κ2) is 7.05. The van der Waals surface area contributed by atoms with Crippen LogP contribution in [0.15, 0.2) is 36.5 Å². The van der Waals surface area contributed by atoms with Crippen LogP contribution >= 0.6 is 0 Å². The van der Waals surface area contributed by atoms with Gasteiger partial charge in [0.1, 0.15) is 0 Å². The topological polar surface area (TPSA) is 44.8 Å². The standard InChI is InChI=1S/C21H21F3N4/c1-13-9-14(2)26-19(13)12-28-8-7-18-16(11-28)10-25-20(27-18)15-3-5-17(6-4-15)21(22,23)24/h3-6,9-10,26H,7-8,11-12H2,1-2H3. The summed E-state index contributed by atoms with van der Waals surface area (Å²) < 4.78 is 38.2. The molecule has 0 spiro atoms. The highest BCUT2D eigenvalue weighted by Gasteiger charge is 2.30. The van der Waals surface area contributed by atoms with Gasteiger partial charge >= 0.3 is 6.18 Å². The molecule has 146 valence electrons. The van der Waals surface area contributed by atoms with E-state index in [1.54, 1.807) is 6.20 Å². The van der Waals surface area contributed by atoms with Crippen LogP contribution in [0.3, 0.4) is 0 Å². The summed E-state index contributed by atoms with van der Waals surface area (Å²) in [7, 11) is 0. The van der Waals surface area contributed by atoms with E-state index in [0.29, 0.717) is 11.4 Å². The van der Waals surface area contributed by atoms with E-state index in [-0.39, 0.29) is 0 Å². The Labute approximate surface area is 161 Å². The number of halogens is 3. The molecule has 1 N–H and O–H groups in total. The molecule has 1 aromatic carbocycles. The van der Waals surface area contributed by atoms with Crippen molar-refractivity contribution in [3.8, 4) is 11.4 Å². The lowest BCUT2D eigenvalue weighted by molar-refractivity contribution is -0.137. The van der Waals surface area contributed by atoms with Crippen molar-refractivity contribution in [1.82, 2.24) is 19.9 Å². The van der Waals surface area contributed by atoms with Gasteiger partial charge in [0.15, 0.2) is 5.82 Å². The zero-order valence-corrected chi connectivity index (χ0v) is 15.8. The minimum atomic E-state index is -4.34. The Kier molecular flexibility index (Phi) is 4.71.